The Morgan fingerprint density at radius 3 is 1.25 bits per heavy atom. The average Bonchev–Trinajstić information content (AvgIpc) is 4.18. The number of alkyl halides is 3. The first kappa shape index (κ1) is 55.2. The van der Waals surface area contributed by atoms with Gasteiger partial charge in [-0.1, -0.05) is 106 Å². The Morgan fingerprint density at radius 2 is 0.969 bits per heavy atom. The van der Waals surface area contributed by atoms with E-state index in [0.717, 1.165) is 11.8 Å². The van der Waals surface area contributed by atoms with Gasteiger partial charge in [0.25, 0.3) is 0 Å². The van der Waals surface area contributed by atoms with Crippen molar-refractivity contribution in [3.63, 3.8) is 0 Å². The van der Waals surface area contributed by atoms with Crippen LogP contribution in [0, 0.1) is 37.0 Å². The third kappa shape index (κ3) is 13.2. The first-order valence-electron chi connectivity index (χ1n) is 23.6. The second-order valence-electron chi connectivity index (χ2n) is 19.7. The van der Waals surface area contributed by atoms with Gasteiger partial charge < -0.3 is 14.4 Å². The van der Waals surface area contributed by atoms with Gasteiger partial charge in [0.2, 0.25) is 0 Å². The van der Waals surface area contributed by atoms with Crippen LogP contribution in [0.1, 0.15) is 145 Å². The molecule has 2 radical (unpaired) electrons. The van der Waals surface area contributed by atoms with Crippen LogP contribution >= 0.6 is 24.8 Å². The van der Waals surface area contributed by atoms with Gasteiger partial charge in [0.1, 0.15) is 0 Å². The molecule has 2 atom stereocenters. The van der Waals surface area contributed by atoms with E-state index in [0.29, 0.717) is 22.7 Å². The van der Waals surface area contributed by atoms with Crippen LogP contribution in [0.4, 0.5) is 13.2 Å². The Labute approximate surface area is 419 Å². The summed E-state index contributed by atoms with van der Waals surface area (Å²) >= 11 is 1.36. The molecule has 65 heavy (non-hydrogen) atoms. The molecule has 0 aliphatic heterocycles. The monoisotopic (exact) mass is 1010 g/mol. The summed E-state index contributed by atoms with van der Waals surface area (Å²) in [5.41, 5.74) is 12.8. The average molecular weight is 1020 g/mol. The van der Waals surface area contributed by atoms with Gasteiger partial charge in [0, 0.05) is 0 Å². The molecule has 4 fully saturated rings. The Balaban J connectivity index is 0.000000236. The van der Waals surface area contributed by atoms with Gasteiger partial charge in [-0.15, -0.1) is 93.9 Å². The number of halogens is 5. The predicted octanol–water partition coefficient (Wildman–Crippen LogP) is 18.4. The van der Waals surface area contributed by atoms with Gasteiger partial charge in [0.05, 0.1) is 0 Å². The molecule has 6 aromatic carbocycles. The molecule has 10 rings (SSSR count). The minimum absolute atomic E-state index is 0. The Bertz CT molecular complexity index is 2200. The molecule has 0 nitrogen and oxygen atoms in total. The van der Waals surface area contributed by atoms with E-state index in [1.807, 2.05) is 0 Å². The van der Waals surface area contributed by atoms with Crippen molar-refractivity contribution in [3.05, 3.63) is 146 Å². The van der Waals surface area contributed by atoms with Crippen molar-refractivity contribution < 1.29 is 36.5 Å². The quantitative estimate of drug-likeness (QED) is 0.0948. The summed E-state index contributed by atoms with van der Waals surface area (Å²) in [6.45, 7) is 14.9. The summed E-state index contributed by atoms with van der Waals surface area (Å²) in [4.78, 5) is 0. The standard InChI is InChI=1S/2C27H31.C3H4F3.CH3.2ClH.Si.Zr/c2*1-3-19(2)22-7-9-23(10-8-22)25-6-4-5-24-15-21(16-26(24)25)18-27-13-11-20(17-27)12-14-27;1-2-3(4,5)6;;;;;/h2*4-10,15-16,19-20H,3,11-14,17-18H2,1-2H3;1-2H2;1H3;2*1H;;/q4*-1;;;;. The molecular formula is C58H71Cl2F3SiZr-4. The van der Waals surface area contributed by atoms with Gasteiger partial charge in [-0.2, -0.15) is 25.3 Å². The summed E-state index contributed by atoms with van der Waals surface area (Å²) in [6.07, 6.45) is 14.7. The first-order chi connectivity index (χ1) is 29.9. The number of rotatable bonds is 10. The van der Waals surface area contributed by atoms with Gasteiger partial charge in [-0.05, 0) is 147 Å². The van der Waals surface area contributed by atoms with Crippen molar-refractivity contribution in [1.82, 2.24) is 0 Å². The molecule has 0 N–H and O–H groups in total. The fourth-order valence-electron chi connectivity index (χ4n) is 11.7. The molecule has 4 aliphatic carbocycles. The van der Waals surface area contributed by atoms with E-state index in [1.165, 1.54) is 168 Å². The van der Waals surface area contributed by atoms with Crippen molar-refractivity contribution in [2.45, 2.75) is 142 Å². The zero-order chi connectivity index (χ0) is 44.1. The van der Waals surface area contributed by atoms with Gasteiger partial charge in [-0.3, -0.25) is 0 Å². The molecule has 0 heterocycles. The van der Waals surface area contributed by atoms with E-state index < -0.39 is 12.6 Å². The van der Waals surface area contributed by atoms with Crippen LogP contribution in [-0.4, -0.2) is 13.1 Å². The van der Waals surface area contributed by atoms with Crippen LogP contribution in [0.2, 0.25) is 0 Å². The minimum atomic E-state index is -4.07. The Morgan fingerprint density at radius 1 is 0.631 bits per heavy atom. The summed E-state index contributed by atoms with van der Waals surface area (Å²) in [5.74, 6) is 3.35. The number of fused-ring (bicyclic) bond motifs is 6. The SMILES string of the molecule is CCC(C)c1ccc(-c2cccc3[cH-]c(CC45CCC(CC4)C5)cc23)cc1.CCC(C)c1ccc(-c2cccc3[cH-]c(CC45CCC(CC4)C5)cc23)cc1.Cl.Cl.[CH2-]CC(F)(F)F.[CH3-].[Si]=[Zr]. The Hall–Kier alpha value is -2.43. The normalized spacial score (nSPS) is 22.2. The van der Waals surface area contributed by atoms with Gasteiger partial charge in [0.15, 0.2) is 0 Å². The Kier molecular flexibility index (Phi) is 20.6. The van der Waals surface area contributed by atoms with Crippen molar-refractivity contribution >= 4 is 53.2 Å². The van der Waals surface area contributed by atoms with E-state index >= 15 is 0 Å². The van der Waals surface area contributed by atoms with Crippen LogP contribution in [0.5, 0.6) is 0 Å². The third-order valence-corrected chi connectivity index (χ3v) is 15.6. The zero-order valence-electron chi connectivity index (χ0n) is 39.5. The molecule has 0 spiro atoms. The van der Waals surface area contributed by atoms with Crippen LogP contribution in [0.15, 0.2) is 109 Å². The molecular weight excluding hydrogens is 944 g/mol. The fraction of sp³-hybridized carbons (Fsp3) is 0.448. The van der Waals surface area contributed by atoms with Gasteiger partial charge >= 0.3 is 36.4 Å². The van der Waals surface area contributed by atoms with Crippen molar-refractivity contribution in [2.75, 3.05) is 0 Å². The van der Waals surface area contributed by atoms with E-state index in [1.54, 1.807) is 11.1 Å². The molecule has 6 aromatic rings. The summed E-state index contributed by atoms with van der Waals surface area (Å²) < 4.78 is 32.2. The molecule has 7 heteroatoms. The van der Waals surface area contributed by atoms with Crippen molar-refractivity contribution in [2.24, 2.45) is 22.7 Å². The summed E-state index contributed by atoms with van der Waals surface area (Å²) in [6, 6.07) is 42.1. The molecule has 4 aliphatic rings. The van der Waals surface area contributed by atoms with Crippen molar-refractivity contribution in [3.8, 4) is 22.3 Å². The molecule has 4 bridgehead atoms. The van der Waals surface area contributed by atoms with Crippen LogP contribution in [0.25, 0.3) is 43.8 Å². The van der Waals surface area contributed by atoms with E-state index in [9.17, 15) is 13.2 Å². The predicted molar refractivity (Wildman–Crippen MR) is 275 cm³/mol. The second kappa shape index (κ2) is 24.2. The first-order valence-corrected chi connectivity index (χ1v) is 27.7. The van der Waals surface area contributed by atoms with E-state index in [2.05, 4.69) is 151 Å². The fourth-order valence-corrected chi connectivity index (χ4v) is 11.7. The van der Waals surface area contributed by atoms with Gasteiger partial charge in [-0.25, -0.2) is 0 Å². The van der Waals surface area contributed by atoms with E-state index in [-0.39, 0.29) is 32.2 Å². The molecule has 2 unspecified atom stereocenters. The number of hydrogen-bond donors (Lipinski definition) is 0. The molecule has 4 saturated carbocycles. The van der Waals surface area contributed by atoms with Crippen LogP contribution < -0.4 is 0 Å². The summed E-state index contributed by atoms with van der Waals surface area (Å²) in [7, 11) is 0. The number of hydrogen-bond acceptors (Lipinski definition) is 0. The topological polar surface area (TPSA) is 0 Å². The van der Waals surface area contributed by atoms with Crippen LogP contribution in [0.3, 0.4) is 0 Å². The third-order valence-electron chi connectivity index (χ3n) is 15.6. The van der Waals surface area contributed by atoms with Crippen molar-refractivity contribution in [1.29, 1.82) is 0 Å². The molecule has 350 valence electrons. The molecule has 0 saturated heterocycles. The zero-order valence-corrected chi connectivity index (χ0v) is 44.6. The maximum atomic E-state index is 10.7. The molecule has 0 aromatic heterocycles. The van der Waals surface area contributed by atoms with E-state index in [4.69, 9.17) is 0 Å². The summed E-state index contributed by atoms with van der Waals surface area (Å²) in [5, 5.41) is 5.70. The molecule has 0 amide bonds. The maximum absolute atomic E-state index is 10.7. The second-order valence-corrected chi connectivity index (χ2v) is 19.7. The number of benzene rings is 4. The van der Waals surface area contributed by atoms with Crippen LogP contribution in [-0.2, 0) is 36.2 Å².